The molecule has 0 saturated heterocycles. The van der Waals surface area contributed by atoms with Crippen molar-refractivity contribution in [3.05, 3.63) is 84.2 Å². The molecular formula is C20H21N3O3S. The highest BCUT2D eigenvalue weighted by Crippen LogP contribution is 2.16. The van der Waals surface area contributed by atoms with Crippen molar-refractivity contribution < 1.29 is 13.2 Å². The monoisotopic (exact) mass is 383 g/mol. The van der Waals surface area contributed by atoms with Gasteiger partial charge in [0.2, 0.25) is 15.9 Å². The van der Waals surface area contributed by atoms with E-state index in [1.54, 1.807) is 24.3 Å². The number of rotatable bonds is 7. The third-order valence-corrected chi connectivity index (χ3v) is 4.58. The first-order chi connectivity index (χ1) is 12.9. The molecule has 0 aliphatic heterocycles. The Labute approximate surface area is 158 Å². The topological polar surface area (TPSA) is 80.2 Å². The van der Waals surface area contributed by atoms with E-state index in [1.807, 2.05) is 53.4 Å². The Balaban J connectivity index is 1.59. The first kappa shape index (κ1) is 18.7. The van der Waals surface area contributed by atoms with Crippen LogP contribution in [0, 0.1) is 0 Å². The Bertz CT molecular complexity index is 1010. The van der Waals surface area contributed by atoms with E-state index in [0.717, 1.165) is 17.5 Å². The van der Waals surface area contributed by atoms with Crippen LogP contribution in [0.3, 0.4) is 0 Å². The fourth-order valence-corrected chi connectivity index (χ4v) is 3.31. The quantitative estimate of drug-likeness (QED) is 0.658. The number of aromatic nitrogens is 1. The van der Waals surface area contributed by atoms with Crippen LogP contribution < -0.4 is 10.0 Å². The van der Waals surface area contributed by atoms with Crippen LogP contribution in [0.1, 0.15) is 11.1 Å². The lowest BCUT2D eigenvalue weighted by Crippen LogP contribution is -2.25. The van der Waals surface area contributed by atoms with Crippen molar-refractivity contribution in [2.45, 2.75) is 13.0 Å². The van der Waals surface area contributed by atoms with Crippen molar-refractivity contribution in [3.8, 4) is 5.69 Å². The fraction of sp³-hybridized carbons (Fsp3) is 0.150. The zero-order chi connectivity index (χ0) is 19.3. The van der Waals surface area contributed by atoms with E-state index in [0.29, 0.717) is 11.3 Å². The zero-order valence-corrected chi connectivity index (χ0v) is 15.7. The number of anilines is 1. The number of benzene rings is 2. The molecule has 1 aromatic heterocycles. The van der Waals surface area contributed by atoms with Gasteiger partial charge in [-0.1, -0.05) is 30.3 Å². The minimum Gasteiger partial charge on any atom is -0.352 e. The summed E-state index contributed by atoms with van der Waals surface area (Å²) in [6, 6.07) is 18.7. The molecule has 0 atom stereocenters. The lowest BCUT2D eigenvalue weighted by molar-refractivity contribution is -0.120. The second-order valence-electron chi connectivity index (χ2n) is 6.24. The molecule has 0 unspecified atom stereocenters. The summed E-state index contributed by atoms with van der Waals surface area (Å²) in [6.45, 7) is 0.249. The largest absolute Gasteiger partial charge is 0.352 e. The molecule has 140 valence electrons. The van der Waals surface area contributed by atoms with Crippen LogP contribution >= 0.6 is 0 Å². The SMILES string of the molecule is CS(=O)(=O)Nc1ccccc1CNC(=O)Cc1ccc(-n2cccc2)cc1. The van der Waals surface area contributed by atoms with Crippen LogP contribution in [0.2, 0.25) is 0 Å². The van der Waals surface area contributed by atoms with E-state index in [-0.39, 0.29) is 18.9 Å². The second-order valence-corrected chi connectivity index (χ2v) is 7.99. The Kier molecular flexibility index (Phi) is 5.61. The van der Waals surface area contributed by atoms with Crippen molar-refractivity contribution in [2.75, 3.05) is 11.0 Å². The summed E-state index contributed by atoms with van der Waals surface area (Å²) in [7, 11) is -3.37. The molecule has 2 aromatic carbocycles. The standard InChI is InChI=1S/C20H21N3O3S/c1-27(25,26)22-19-7-3-2-6-17(19)15-21-20(24)14-16-8-10-18(11-9-16)23-12-4-5-13-23/h2-13,22H,14-15H2,1H3,(H,21,24). The number of carbonyl (C=O) groups excluding carboxylic acids is 1. The van der Waals surface area contributed by atoms with E-state index >= 15 is 0 Å². The third-order valence-electron chi connectivity index (χ3n) is 3.99. The van der Waals surface area contributed by atoms with Gasteiger partial charge in [0.1, 0.15) is 0 Å². The number of hydrogen-bond acceptors (Lipinski definition) is 3. The molecule has 7 heteroatoms. The van der Waals surface area contributed by atoms with Crippen LogP contribution in [0.5, 0.6) is 0 Å². The molecule has 27 heavy (non-hydrogen) atoms. The molecule has 2 N–H and O–H groups in total. The third kappa shape index (κ3) is 5.46. The number of amides is 1. The minimum atomic E-state index is -3.37. The molecule has 0 aliphatic rings. The van der Waals surface area contributed by atoms with Crippen LogP contribution in [0.4, 0.5) is 5.69 Å². The second kappa shape index (κ2) is 8.09. The van der Waals surface area contributed by atoms with Crippen molar-refractivity contribution in [3.63, 3.8) is 0 Å². The van der Waals surface area contributed by atoms with Gasteiger partial charge in [0.25, 0.3) is 0 Å². The van der Waals surface area contributed by atoms with Gasteiger partial charge < -0.3 is 9.88 Å². The average Bonchev–Trinajstić information content (AvgIpc) is 3.15. The molecule has 0 aliphatic carbocycles. The minimum absolute atomic E-state index is 0.127. The molecule has 3 aromatic rings. The van der Waals surface area contributed by atoms with Gasteiger partial charge in [-0.05, 0) is 41.5 Å². The van der Waals surface area contributed by atoms with E-state index in [4.69, 9.17) is 0 Å². The molecule has 6 nitrogen and oxygen atoms in total. The first-order valence-electron chi connectivity index (χ1n) is 8.45. The molecule has 0 radical (unpaired) electrons. The smallest absolute Gasteiger partial charge is 0.229 e. The summed E-state index contributed by atoms with van der Waals surface area (Å²) < 4.78 is 27.3. The maximum atomic E-state index is 12.2. The van der Waals surface area contributed by atoms with Crippen LogP contribution in [-0.2, 0) is 27.8 Å². The highest BCUT2D eigenvalue weighted by Gasteiger charge is 2.09. The summed E-state index contributed by atoms with van der Waals surface area (Å²) in [4.78, 5) is 12.2. The zero-order valence-electron chi connectivity index (χ0n) is 14.9. The first-order valence-corrected chi connectivity index (χ1v) is 10.3. The van der Waals surface area contributed by atoms with Gasteiger partial charge in [0.05, 0.1) is 18.4 Å². The van der Waals surface area contributed by atoms with Gasteiger partial charge in [-0.2, -0.15) is 0 Å². The molecular weight excluding hydrogens is 362 g/mol. The van der Waals surface area contributed by atoms with Crippen molar-refractivity contribution >= 4 is 21.6 Å². The van der Waals surface area contributed by atoms with Gasteiger partial charge in [0, 0.05) is 24.6 Å². The van der Waals surface area contributed by atoms with Gasteiger partial charge in [-0.3, -0.25) is 9.52 Å². The summed E-state index contributed by atoms with van der Waals surface area (Å²) in [6.07, 6.45) is 5.28. The van der Waals surface area contributed by atoms with E-state index < -0.39 is 10.0 Å². The van der Waals surface area contributed by atoms with Crippen molar-refractivity contribution in [1.82, 2.24) is 9.88 Å². The Morgan fingerprint density at radius 2 is 1.63 bits per heavy atom. The number of nitrogens with one attached hydrogen (secondary N) is 2. The van der Waals surface area contributed by atoms with Crippen LogP contribution in [0.15, 0.2) is 73.1 Å². The van der Waals surface area contributed by atoms with Gasteiger partial charge >= 0.3 is 0 Å². The Hall–Kier alpha value is -3.06. The summed E-state index contributed by atoms with van der Waals surface area (Å²) >= 11 is 0. The number of nitrogens with zero attached hydrogens (tertiary/aromatic N) is 1. The number of hydrogen-bond donors (Lipinski definition) is 2. The lowest BCUT2D eigenvalue weighted by atomic mass is 10.1. The fourth-order valence-electron chi connectivity index (χ4n) is 2.71. The molecule has 1 heterocycles. The number of para-hydroxylation sites is 1. The Morgan fingerprint density at radius 3 is 2.30 bits per heavy atom. The maximum absolute atomic E-state index is 12.2. The average molecular weight is 383 g/mol. The van der Waals surface area contributed by atoms with Gasteiger partial charge in [-0.15, -0.1) is 0 Å². The molecule has 0 spiro atoms. The van der Waals surface area contributed by atoms with E-state index in [9.17, 15) is 13.2 Å². The summed E-state index contributed by atoms with van der Waals surface area (Å²) in [5.74, 6) is -0.127. The molecule has 0 fully saturated rings. The number of carbonyl (C=O) groups is 1. The van der Waals surface area contributed by atoms with Gasteiger partial charge in [-0.25, -0.2) is 8.42 Å². The normalized spacial score (nSPS) is 11.1. The molecule has 1 amide bonds. The molecule has 3 rings (SSSR count). The van der Waals surface area contributed by atoms with Crippen LogP contribution in [-0.4, -0.2) is 25.1 Å². The van der Waals surface area contributed by atoms with Crippen molar-refractivity contribution in [2.24, 2.45) is 0 Å². The summed E-state index contributed by atoms with van der Waals surface area (Å²) in [5.41, 5.74) is 3.12. The predicted molar refractivity (Wildman–Crippen MR) is 106 cm³/mol. The predicted octanol–water partition coefficient (Wildman–Crippen LogP) is 2.71. The van der Waals surface area contributed by atoms with E-state index in [1.165, 1.54) is 0 Å². The highest BCUT2D eigenvalue weighted by atomic mass is 32.2. The lowest BCUT2D eigenvalue weighted by Gasteiger charge is -2.12. The summed E-state index contributed by atoms with van der Waals surface area (Å²) in [5, 5.41) is 2.84. The number of sulfonamides is 1. The highest BCUT2D eigenvalue weighted by molar-refractivity contribution is 7.92. The molecule has 0 saturated carbocycles. The molecule has 0 bridgehead atoms. The maximum Gasteiger partial charge on any atom is 0.229 e. The van der Waals surface area contributed by atoms with Gasteiger partial charge in [0.15, 0.2) is 0 Å². The Morgan fingerprint density at radius 1 is 0.963 bits per heavy atom. The van der Waals surface area contributed by atoms with Crippen molar-refractivity contribution in [1.29, 1.82) is 0 Å². The van der Waals surface area contributed by atoms with E-state index in [2.05, 4.69) is 10.0 Å². The van der Waals surface area contributed by atoms with Crippen LogP contribution in [0.25, 0.3) is 5.69 Å².